The van der Waals surface area contributed by atoms with Crippen LogP contribution >= 0.6 is 24.8 Å². The van der Waals surface area contributed by atoms with Crippen LogP contribution in [0, 0.1) is 5.92 Å². The molecular formula is C15H20Cl2N4O2. The summed E-state index contributed by atoms with van der Waals surface area (Å²) < 4.78 is 5.20. The number of rotatable bonds is 4. The first-order chi connectivity index (χ1) is 10.3. The molecule has 1 unspecified atom stereocenters. The molecule has 0 bridgehead atoms. The average Bonchev–Trinajstić information content (AvgIpc) is 3.04. The van der Waals surface area contributed by atoms with Crippen molar-refractivity contribution in [2.45, 2.75) is 12.8 Å². The number of carbonyl (C=O) groups is 1. The van der Waals surface area contributed by atoms with Crippen LogP contribution in [0.15, 0.2) is 35.1 Å². The maximum Gasteiger partial charge on any atom is 0.273 e. The predicted octanol–water partition coefficient (Wildman–Crippen LogP) is 2.31. The number of halogens is 2. The van der Waals surface area contributed by atoms with Crippen LogP contribution in [-0.4, -0.2) is 35.7 Å². The minimum absolute atomic E-state index is 0. The van der Waals surface area contributed by atoms with Gasteiger partial charge in [0.25, 0.3) is 5.91 Å². The van der Waals surface area contributed by atoms with Gasteiger partial charge in [-0.1, -0.05) is 5.16 Å². The molecule has 3 rings (SSSR count). The van der Waals surface area contributed by atoms with Gasteiger partial charge in [0.15, 0.2) is 11.5 Å². The molecule has 8 heteroatoms. The number of nitrogens with one attached hydrogen (secondary N) is 2. The normalized spacial score (nSPS) is 16.8. The number of amides is 1. The Balaban J connectivity index is 0.00000132. The van der Waals surface area contributed by atoms with E-state index in [4.69, 9.17) is 4.52 Å². The molecule has 1 saturated heterocycles. The summed E-state index contributed by atoms with van der Waals surface area (Å²) in [5.74, 6) is 0.847. The molecule has 1 fully saturated rings. The fraction of sp³-hybridized carbons (Fsp3) is 0.400. The maximum absolute atomic E-state index is 12.1. The smallest absolute Gasteiger partial charge is 0.273 e. The summed E-state index contributed by atoms with van der Waals surface area (Å²) in [5, 5.41) is 10.1. The monoisotopic (exact) mass is 358 g/mol. The maximum atomic E-state index is 12.1. The van der Waals surface area contributed by atoms with E-state index in [0.717, 1.165) is 31.5 Å². The Kier molecular flexibility index (Phi) is 8.02. The zero-order valence-electron chi connectivity index (χ0n) is 12.5. The second-order valence-electron chi connectivity index (χ2n) is 5.24. The fourth-order valence-electron chi connectivity index (χ4n) is 2.45. The van der Waals surface area contributed by atoms with Gasteiger partial charge in [-0.25, -0.2) is 0 Å². The Hall–Kier alpha value is -1.63. The van der Waals surface area contributed by atoms with Crippen molar-refractivity contribution in [3.8, 4) is 11.3 Å². The predicted molar refractivity (Wildman–Crippen MR) is 92.2 cm³/mol. The topological polar surface area (TPSA) is 80.0 Å². The summed E-state index contributed by atoms with van der Waals surface area (Å²) in [6, 6.07) is 5.32. The molecule has 23 heavy (non-hydrogen) atoms. The molecule has 0 saturated carbocycles. The number of piperidine rings is 1. The van der Waals surface area contributed by atoms with Crippen molar-refractivity contribution in [3.63, 3.8) is 0 Å². The molecule has 1 aliphatic heterocycles. The molecular weight excluding hydrogens is 339 g/mol. The van der Waals surface area contributed by atoms with Gasteiger partial charge in [-0.2, -0.15) is 0 Å². The van der Waals surface area contributed by atoms with E-state index in [1.165, 1.54) is 0 Å². The lowest BCUT2D eigenvalue weighted by Gasteiger charge is -2.22. The lowest BCUT2D eigenvalue weighted by Crippen LogP contribution is -2.38. The number of carbonyl (C=O) groups excluding carboxylic acids is 1. The second kappa shape index (κ2) is 9.50. The third-order valence-corrected chi connectivity index (χ3v) is 3.64. The lowest BCUT2D eigenvalue weighted by molar-refractivity contribution is 0.0936. The number of aromatic nitrogens is 2. The molecule has 2 aromatic heterocycles. The van der Waals surface area contributed by atoms with Gasteiger partial charge in [0.1, 0.15) is 0 Å². The quantitative estimate of drug-likeness (QED) is 0.876. The standard InChI is InChI=1S/C15H18N4O2.2ClH/c20-15(18-9-11-3-1-5-16-8-11)13-7-14(21-19-13)12-4-2-6-17-10-12;;/h2,4,6-7,10-11,16H,1,3,5,8-9H2,(H,18,20);2*1H. The Labute approximate surface area is 147 Å². The third-order valence-electron chi connectivity index (χ3n) is 3.64. The van der Waals surface area contributed by atoms with Gasteiger partial charge in [0.2, 0.25) is 0 Å². The zero-order chi connectivity index (χ0) is 14.5. The summed E-state index contributed by atoms with van der Waals surface area (Å²) in [5.41, 5.74) is 1.11. The minimum Gasteiger partial charge on any atom is -0.355 e. The van der Waals surface area contributed by atoms with Gasteiger partial charge in [-0.15, -0.1) is 24.8 Å². The summed E-state index contributed by atoms with van der Waals surface area (Å²) in [4.78, 5) is 16.1. The van der Waals surface area contributed by atoms with Crippen LogP contribution in [0.25, 0.3) is 11.3 Å². The van der Waals surface area contributed by atoms with E-state index in [0.29, 0.717) is 23.9 Å². The van der Waals surface area contributed by atoms with Crippen LogP contribution in [0.4, 0.5) is 0 Å². The van der Waals surface area contributed by atoms with E-state index >= 15 is 0 Å². The highest BCUT2D eigenvalue weighted by Gasteiger charge is 2.17. The number of hydrogen-bond acceptors (Lipinski definition) is 5. The second-order valence-corrected chi connectivity index (χ2v) is 5.24. The molecule has 1 atom stereocenters. The van der Waals surface area contributed by atoms with E-state index in [-0.39, 0.29) is 30.7 Å². The van der Waals surface area contributed by atoms with Gasteiger partial charge in [0.05, 0.1) is 0 Å². The molecule has 2 aromatic rings. The van der Waals surface area contributed by atoms with Gasteiger partial charge in [-0.05, 0) is 44.0 Å². The van der Waals surface area contributed by atoms with E-state index in [9.17, 15) is 4.79 Å². The zero-order valence-corrected chi connectivity index (χ0v) is 14.2. The SMILES string of the molecule is Cl.Cl.O=C(NCC1CCCNC1)c1cc(-c2cccnc2)on1. The number of nitrogens with zero attached hydrogens (tertiary/aromatic N) is 2. The van der Waals surface area contributed by atoms with E-state index in [1.54, 1.807) is 18.5 Å². The average molecular weight is 359 g/mol. The molecule has 0 aliphatic carbocycles. The highest BCUT2D eigenvalue weighted by molar-refractivity contribution is 5.93. The van der Waals surface area contributed by atoms with Gasteiger partial charge in [-0.3, -0.25) is 9.78 Å². The molecule has 3 heterocycles. The van der Waals surface area contributed by atoms with E-state index in [1.807, 2.05) is 12.1 Å². The first-order valence-corrected chi connectivity index (χ1v) is 7.19. The first kappa shape index (κ1) is 19.4. The number of pyridine rings is 1. The first-order valence-electron chi connectivity index (χ1n) is 7.19. The number of hydrogen-bond donors (Lipinski definition) is 2. The van der Waals surface area contributed by atoms with Crippen molar-refractivity contribution in [3.05, 3.63) is 36.3 Å². The molecule has 0 radical (unpaired) electrons. The van der Waals surface area contributed by atoms with Crippen LogP contribution < -0.4 is 10.6 Å². The Morgan fingerprint density at radius 1 is 1.43 bits per heavy atom. The molecule has 126 valence electrons. The Morgan fingerprint density at radius 3 is 3.00 bits per heavy atom. The van der Waals surface area contributed by atoms with Crippen LogP contribution in [0.3, 0.4) is 0 Å². The molecule has 0 spiro atoms. The van der Waals surface area contributed by atoms with E-state index < -0.39 is 0 Å². The van der Waals surface area contributed by atoms with E-state index in [2.05, 4.69) is 20.8 Å². The highest BCUT2D eigenvalue weighted by Crippen LogP contribution is 2.18. The van der Waals surface area contributed by atoms with Crippen LogP contribution in [0.2, 0.25) is 0 Å². The van der Waals surface area contributed by atoms with Crippen LogP contribution in [0.5, 0.6) is 0 Å². The van der Waals surface area contributed by atoms with Gasteiger partial charge < -0.3 is 15.2 Å². The fourth-order valence-corrected chi connectivity index (χ4v) is 2.45. The molecule has 0 aromatic carbocycles. The Bertz CT molecular complexity index is 601. The minimum atomic E-state index is -0.195. The third kappa shape index (κ3) is 5.20. The molecule has 2 N–H and O–H groups in total. The molecule has 1 aliphatic rings. The summed E-state index contributed by atoms with van der Waals surface area (Å²) >= 11 is 0. The largest absolute Gasteiger partial charge is 0.355 e. The van der Waals surface area contributed by atoms with Crippen molar-refractivity contribution in [1.82, 2.24) is 20.8 Å². The summed E-state index contributed by atoms with van der Waals surface area (Å²) in [6.45, 7) is 2.70. The molecule has 1 amide bonds. The summed E-state index contributed by atoms with van der Waals surface area (Å²) in [7, 11) is 0. The van der Waals surface area contributed by atoms with Crippen molar-refractivity contribution in [1.29, 1.82) is 0 Å². The van der Waals surface area contributed by atoms with Crippen molar-refractivity contribution < 1.29 is 9.32 Å². The molecule has 6 nitrogen and oxygen atoms in total. The van der Waals surface area contributed by atoms with Crippen molar-refractivity contribution in [2.75, 3.05) is 19.6 Å². The Morgan fingerprint density at radius 2 is 2.30 bits per heavy atom. The highest BCUT2D eigenvalue weighted by atomic mass is 35.5. The van der Waals surface area contributed by atoms with Gasteiger partial charge >= 0.3 is 0 Å². The summed E-state index contributed by atoms with van der Waals surface area (Å²) in [6.07, 6.45) is 5.67. The van der Waals surface area contributed by atoms with Crippen LogP contribution in [0.1, 0.15) is 23.3 Å². The van der Waals surface area contributed by atoms with Crippen molar-refractivity contribution >= 4 is 30.7 Å². The van der Waals surface area contributed by atoms with Crippen LogP contribution in [-0.2, 0) is 0 Å². The van der Waals surface area contributed by atoms with Gasteiger partial charge in [0, 0.05) is 30.6 Å². The lowest BCUT2D eigenvalue weighted by atomic mass is 10.00. The van der Waals surface area contributed by atoms with Crippen molar-refractivity contribution in [2.24, 2.45) is 5.92 Å².